The van der Waals surface area contributed by atoms with Gasteiger partial charge in [-0.05, 0) is 44.3 Å². The third kappa shape index (κ3) is 3.82. The number of aromatic nitrogens is 1. The van der Waals surface area contributed by atoms with Crippen molar-refractivity contribution in [3.05, 3.63) is 89.2 Å². The van der Waals surface area contributed by atoms with E-state index in [0.717, 1.165) is 0 Å². The Bertz CT molecular complexity index is 1350. The number of hydrogen-bond donors (Lipinski definition) is 2. The standard InChI is InChI=1S/C29H30N4O4/c1-6-7-8-9-18(2)24-22(17-33(3)4)26(34)28(35)25-23(14-21(16-31)32-27(25)36-5)37-29(24,28)20-12-10-19(15-30)11-13-20/h6-14,22,24,26,34-35H,2,17H2,1,3-5H3/b7-6-,9-8-/t22-,24-,26-,28+,29+/m1/s1. The van der Waals surface area contributed by atoms with Gasteiger partial charge in [0.05, 0.1) is 30.4 Å². The molecule has 0 saturated heterocycles. The fourth-order valence-corrected chi connectivity index (χ4v) is 5.84. The van der Waals surface area contributed by atoms with E-state index in [1.807, 2.05) is 56.3 Å². The molecule has 5 atom stereocenters. The lowest BCUT2D eigenvalue weighted by molar-refractivity contribution is -0.155. The van der Waals surface area contributed by atoms with Crippen LogP contribution in [0.15, 0.2) is 66.8 Å². The Morgan fingerprint density at radius 1 is 1.24 bits per heavy atom. The molecule has 4 rings (SSSR count). The van der Waals surface area contributed by atoms with E-state index in [1.165, 1.54) is 13.2 Å². The van der Waals surface area contributed by atoms with Gasteiger partial charge in [0.15, 0.2) is 11.2 Å². The highest BCUT2D eigenvalue weighted by Gasteiger charge is 2.77. The van der Waals surface area contributed by atoms with E-state index in [0.29, 0.717) is 23.2 Å². The fourth-order valence-electron chi connectivity index (χ4n) is 5.84. The van der Waals surface area contributed by atoms with Gasteiger partial charge in [-0.15, -0.1) is 0 Å². The summed E-state index contributed by atoms with van der Waals surface area (Å²) in [5, 5.41) is 43.6. The fraction of sp³-hybridized carbons (Fsp3) is 0.345. The lowest BCUT2D eigenvalue weighted by Crippen LogP contribution is -2.52. The Morgan fingerprint density at radius 2 is 1.95 bits per heavy atom. The SMILES string of the molecule is C=C(/C=C\C=C/C)[C@@H]1[C@@H](CN(C)C)[C@@H](O)[C@@]2(O)c3c(cc(C#N)nc3OC)O[C@@]12c1ccc(C#N)cc1. The molecule has 1 aromatic heterocycles. The van der Waals surface area contributed by atoms with Crippen LogP contribution in [0.25, 0.3) is 0 Å². The summed E-state index contributed by atoms with van der Waals surface area (Å²) in [6.45, 7) is 6.67. The lowest BCUT2D eigenvalue weighted by Gasteiger charge is -2.41. The molecule has 1 aromatic carbocycles. The molecule has 1 aliphatic carbocycles. The van der Waals surface area contributed by atoms with Crippen molar-refractivity contribution in [2.24, 2.45) is 11.8 Å². The molecule has 1 saturated carbocycles. The average Bonchev–Trinajstić information content (AvgIpc) is 3.26. The van der Waals surface area contributed by atoms with E-state index in [1.54, 1.807) is 24.3 Å². The van der Waals surface area contributed by atoms with Crippen molar-refractivity contribution in [2.75, 3.05) is 27.7 Å². The van der Waals surface area contributed by atoms with Gasteiger partial charge < -0.3 is 24.6 Å². The van der Waals surface area contributed by atoms with Crippen LogP contribution in [-0.2, 0) is 11.2 Å². The number of ether oxygens (including phenoxy) is 2. The van der Waals surface area contributed by atoms with Gasteiger partial charge in [-0.25, -0.2) is 4.98 Å². The first-order valence-corrected chi connectivity index (χ1v) is 11.9. The molecule has 0 spiro atoms. The van der Waals surface area contributed by atoms with Gasteiger partial charge >= 0.3 is 0 Å². The summed E-state index contributed by atoms with van der Waals surface area (Å²) in [6, 6.07) is 12.3. The van der Waals surface area contributed by atoms with Crippen LogP contribution in [0, 0.1) is 34.5 Å². The molecule has 2 N–H and O–H groups in total. The van der Waals surface area contributed by atoms with Crippen molar-refractivity contribution in [2.45, 2.75) is 24.2 Å². The summed E-state index contributed by atoms with van der Waals surface area (Å²) in [4.78, 5) is 6.20. The summed E-state index contributed by atoms with van der Waals surface area (Å²) in [6.07, 6.45) is 6.14. The molecule has 37 heavy (non-hydrogen) atoms. The van der Waals surface area contributed by atoms with Crippen molar-refractivity contribution in [1.29, 1.82) is 10.5 Å². The number of benzene rings is 1. The third-order valence-corrected chi connectivity index (χ3v) is 7.21. The molecule has 0 amide bonds. The first kappa shape index (κ1) is 26.1. The number of aliphatic hydroxyl groups excluding tert-OH is 1. The minimum atomic E-state index is -2.01. The van der Waals surface area contributed by atoms with Gasteiger partial charge in [-0.2, -0.15) is 10.5 Å². The summed E-state index contributed by atoms with van der Waals surface area (Å²) < 4.78 is 12.2. The molecular weight excluding hydrogens is 468 g/mol. The van der Waals surface area contributed by atoms with Crippen LogP contribution < -0.4 is 9.47 Å². The topological polar surface area (TPSA) is 123 Å². The number of methoxy groups -OCH3 is 1. The van der Waals surface area contributed by atoms with Crippen molar-refractivity contribution >= 4 is 0 Å². The number of nitriles is 2. The van der Waals surface area contributed by atoms with Gasteiger partial charge in [0.2, 0.25) is 5.88 Å². The van der Waals surface area contributed by atoms with Crippen LogP contribution in [0.1, 0.15) is 29.3 Å². The lowest BCUT2D eigenvalue weighted by atomic mass is 9.70. The molecule has 190 valence electrons. The predicted molar refractivity (Wildman–Crippen MR) is 137 cm³/mol. The van der Waals surface area contributed by atoms with E-state index in [-0.39, 0.29) is 22.9 Å². The number of pyridine rings is 1. The maximum atomic E-state index is 12.7. The van der Waals surface area contributed by atoms with E-state index < -0.39 is 29.1 Å². The number of rotatable bonds is 7. The van der Waals surface area contributed by atoms with Crippen LogP contribution in [0.5, 0.6) is 11.6 Å². The first-order chi connectivity index (χ1) is 17.7. The monoisotopic (exact) mass is 498 g/mol. The molecule has 2 heterocycles. The highest BCUT2D eigenvalue weighted by molar-refractivity contribution is 5.60. The molecule has 0 bridgehead atoms. The minimum absolute atomic E-state index is 0.00504. The van der Waals surface area contributed by atoms with E-state index in [2.05, 4.69) is 17.6 Å². The van der Waals surface area contributed by atoms with Crippen LogP contribution >= 0.6 is 0 Å². The van der Waals surface area contributed by atoms with Crippen molar-refractivity contribution in [1.82, 2.24) is 9.88 Å². The molecule has 8 heteroatoms. The first-order valence-electron chi connectivity index (χ1n) is 11.9. The zero-order chi connectivity index (χ0) is 27.0. The second-order valence-corrected chi connectivity index (χ2v) is 9.60. The zero-order valence-electron chi connectivity index (χ0n) is 21.3. The van der Waals surface area contributed by atoms with Crippen molar-refractivity contribution in [3.63, 3.8) is 0 Å². The molecule has 0 radical (unpaired) electrons. The van der Waals surface area contributed by atoms with Gasteiger partial charge in [0.25, 0.3) is 0 Å². The maximum Gasteiger partial charge on any atom is 0.224 e. The zero-order valence-corrected chi connectivity index (χ0v) is 21.3. The molecule has 0 unspecified atom stereocenters. The predicted octanol–water partition coefficient (Wildman–Crippen LogP) is 3.17. The van der Waals surface area contributed by atoms with Crippen molar-refractivity contribution < 1.29 is 19.7 Å². The van der Waals surface area contributed by atoms with Crippen LogP contribution in [-0.4, -0.2) is 54.0 Å². The number of nitrogens with zero attached hydrogens (tertiary/aromatic N) is 4. The summed E-state index contributed by atoms with van der Waals surface area (Å²) in [5.41, 5.74) is -1.69. The molecule has 2 aromatic rings. The summed E-state index contributed by atoms with van der Waals surface area (Å²) in [5.74, 6) is -0.905. The highest BCUT2D eigenvalue weighted by Crippen LogP contribution is 2.68. The Balaban J connectivity index is 2.08. The average molecular weight is 499 g/mol. The van der Waals surface area contributed by atoms with Crippen molar-refractivity contribution in [3.8, 4) is 23.8 Å². The number of fused-ring (bicyclic) bond motifs is 3. The Morgan fingerprint density at radius 3 is 2.51 bits per heavy atom. The molecular formula is C29H30N4O4. The number of hydrogen-bond acceptors (Lipinski definition) is 8. The molecule has 2 aliphatic rings. The quantitative estimate of drug-likeness (QED) is 0.558. The third-order valence-electron chi connectivity index (χ3n) is 7.21. The van der Waals surface area contributed by atoms with Gasteiger partial charge in [-0.3, -0.25) is 0 Å². The summed E-state index contributed by atoms with van der Waals surface area (Å²) >= 11 is 0. The molecule has 1 aliphatic heterocycles. The van der Waals surface area contributed by atoms with Crippen LogP contribution in [0.3, 0.4) is 0 Å². The molecule has 8 nitrogen and oxygen atoms in total. The smallest absolute Gasteiger partial charge is 0.224 e. The summed E-state index contributed by atoms with van der Waals surface area (Å²) in [7, 11) is 5.18. The second kappa shape index (κ2) is 9.84. The number of aliphatic hydroxyl groups is 2. The van der Waals surface area contributed by atoms with Gasteiger partial charge in [0, 0.05) is 24.4 Å². The number of allylic oxidation sites excluding steroid dienone is 4. The largest absolute Gasteiger partial charge is 0.481 e. The minimum Gasteiger partial charge on any atom is -0.481 e. The van der Waals surface area contributed by atoms with Gasteiger partial charge in [0.1, 0.15) is 17.5 Å². The van der Waals surface area contributed by atoms with Crippen LogP contribution in [0.2, 0.25) is 0 Å². The van der Waals surface area contributed by atoms with Crippen LogP contribution in [0.4, 0.5) is 0 Å². The van der Waals surface area contributed by atoms with E-state index in [4.69, 9.17) is 9.47 Å². The highest BCUT2D eigenvalue weighted by atomic mass is 16.5. The second-order valence-electron chi connectivity index (χ2n) is 9.60. The molecule has 1 fully saturated rings. The Hall–Kier alpha value is -3.95. The Labute approximate surface area is 217 Å². The van der Waals surface area contributed by atoms with E-state index >= 15 is 0 Å². The normalized spacial score (nSPS) is 28.1. The van der Waals surface area contributed by atoms with Gasteiger partial charge in [-0.1, -0.05) is 43.0 Å². The maximum absolute atomic E-state index is 12.7. The Kier molecular flexibility index (Phi) is 6.94. The van der Waals surface area contributed by atoms with E-state index in [9.17, 15) is 20.7 Å².